The molecule has 2 aromatic carbocycles. The lowest BCUT2D eigenvalue weighted by Gasteiger charge is -2.07. The highest BCUT2D eigenvalue weighted by Crippen LogP contribution is 2.12. The standard InChI is InChI=1S/C22H24N2O4/c25-21(10-5-4-9-18-7-2-1-3-8-18)23-15-6-16-28-20-13-11-19(12-14-20)17-22(26)24-27/h1-5,7-14,27H,6,15-17H2,(H,23,25)(H,24,26). The van der Waals surface area contributed by atoms with Gasteiger partial charge in [-0.05, 0) is 29.7 Å². The van der Waals surface area contributed by atoms with Gasteiger partial charge in [0.2, 0.25) is 11.8 Å². The molecular weight excluding hydrogens is 356 g/mol. The van der Waals surface area contributed by atoms with Gasteiger partial charge < -0.3 is 10.1 Å². The SMILES string of the molecule is O=C(C=CC=Cc1ccccc1)NCCCOc1ccc(CC(=O)NO)cc1. The molecule has 2 aromatic rings. The van der Waals surface area contributed by atoms with E-state index >= 15 is 0 Å². The van der Waals surface area contributed by atoms with Crippen molar-refractivity contribution in [1.29, 1.82) is 0 Å². The molecular formula is C22H24N2O4. The predicted molar refractivity (Wildman–Crippen MR) is 108 cm³/mol. The summed E-state index contributed by atoms with van der Waals surface area (Å²) in [5, 5.41) is 11.3. The molecule has 0 aliphatic carbocycles. The minimum atomic E-state index is -0.464. The Hall–Kier alpha value is -3.38. The highest BCUT2D eigenvalue weighted by Gasteiger charge is 2.02. The molecule has 28 heavy (non-hydrogen) atoms. The van der Waals surface area contributed by atoms with E-state index in [-0.39, 0.29) is 12.3 Å². The first-order chi connectivity index (χ1) is 13.7. The van der Waals surface area contributed by atoms with Crippen LogP contribution >= 0.6 is 0 Å². The van der Waals surface area contributed by atoms with Crippen LogP contribution < -0.4 is 15.5 Å². The van der Waals surface area contributed by atoms with Gasteiger partial charge in [0.25, 0.3) is 0 Å². The number of hydrogen-bond acceptors (Lipinski definition) is 4. The first-order valence-electron chi connectivity index (χ1n) is 8.99. The van der Waals surface area contributed by atoms with Gasteiger partial charge in [-0.1, -0.05) is 60.7 Å². The average molecular weight is 380 g/mol. The molecule has 0 unspecified atom stereocenters. The number of hydrogen-bond donors (Lipinski definition) is 3. The summed E-state index contributed by atoms with van der Waals surface area (Å²) in [6.45, 7) is 0.981. The second kappa shape index (κ2) is 12.1. The maximum atomic E-state index is 11.7. The summed E-state index contributed by atoms with van der Waals surface area (Å²) in [4.78, 5) is 22.8. The summed E-state index contributed by atoms with van der Waals surface area (Å²) in [6.07, 6.45) is 7.73. The van der Waals surface area contributed by atoms with Crippen LogP contribution in [0.5, 0.6) is 5.75 Å². The van der Waals surface area contributed by atoms with E-state index in [1.165, 1.54) is 6.08 Å². The molecule has 0 fully saturated rings. The average Bonchev–Trinajstić information content (AvgIpc) is 2.73. The lowest BCUT2D eigenvalue weighted by atomic mass is 10.1. The zero-order chi connectivity index (χ0) is 20.0. The number of carbonyl (C=O) groups excluding carboxylic acids is 2. The van der Waals surface area contributed by atoms with Gasteiger partial charge in [0.05, 0.1) is 13.0 Å². The summed E-state index contributed by atoms with van der Waals surface area (Å²) in [5.41, 5.74) is 3.45. The molecule has 146 valence electrons. The Bertz CT molecular complexity index is 799. The highest BCUT2D eigenvalue weighted by molar-refractivity contribution is 5.87. The van der Waals surface area contributed by atoms with Gasteiger partial charge in [0, 0.05) is 12.6 Å². The van der Waals surface area contributed by atoms with E-state index in [0.29, 0.717) is 25.3 Å². The van der Waals surface area contributed by atoms with Crippen LogP contribution in [0.4, 0.5) is 0 Å². The van der Waals surface area contributed by atoms with Crippen molar-refractivity contribution < 1.29 is 19.5 Å². The molecule has 6 heteroatoms. The Morgan fingerprint density at radius 2 is 1.75 bits per heavy atom. The molecule has 0 heterocycles. The van der Waals surface area contributed by atoms with Gasteiger partial charge in [-0.3, -0.25) is 14.8 Å². The number of ether oxygens (including phenoxy) is 1. The van der Waals surface area contributed by atoms with Crippen LogP contribution in [0.15, 0.2) is 72.8 Å². The number of benzene rings is 2. The maximum absolute atomic E-state index is 11.7. The summed E-state index contributed by atoms with van der Waals surface area (Å²) in [6, 6.07) is 16.9. The minimum absolute atomic E-state index is 0.108. The van der Waals surface area contributed by atoms with Gasteiger partial charge >= 0.3 is 0 Å². The third-order valence-corrected chi connectivity index (χ3v) is 3.75. The molecule has 0 aliphatic heterocycles. The molecule has 0 saturated heterocycles. The van der Waals surface area contributed by atoms with E-state index < -0.39 is 5.91 Å². The van der Waals surface area contributed by atoms with Crippen LogP contribution in [-0.4, -0.2) is 30.2 Å². The largest absolute Gasteiger partial charge is 0.494 e. The molecule has 0 atom stereocenters. The van der Waals surface area contributed by atoms with Crippen LogP contribution in [0.2, 0.25) is 0 Å². The van der Waals surface area contributed by atoms with Crippen molar-refractivity contribution in [3.63, 3.8) is 0 Å². The molecule has 0 radical (unpaired) electrons. The van der Waals surface area contributed by atoms with Crippen LogP contribution in [0, 0.1) is 0 Å². The zero-order valence-corrected chi connectivity index (χ0v) is 15.5. The molecule has 0 saturated carbocycles. The predicted octanol–water partition coefficient (Wildman–Crippen LogP) is 2.89. The van der Waals surface area contributed by atoms with Crippen molar-refractivity contribution in [1.82, 2.24) is 10.8 Å². The van der Waals surface area contributed by atoms with Crippen LogP contribution in [-0.2, 0) is 16.0 Å². The fourth-order valence-electron chi connectivity index (χ4n) is 2.33. The summed E-state index contributed by atoms with van der Waals surface area (Å²) >= 11 is 0. The third kappa shape index (κ3) is 8.33. The second-order valence-electron chi connectivity index (χ2n) is 5.98. The van der Waals surface area contributed by atoms with E-state index in [2.05, 4.69) is 5.32 Å². The van der Waals surface area contributed by atoms with Crippen LogP contribution in [0.1, 0.15) is 17.5 Å². The van der Waals surface area contributed by atoms with Crippen molar-refractivity contribution in [3.8, 4) is 5.75 Å². The molecule has 0 bridgehead atoms. The molecule has 6 nitrogen and oxygen atoms in total. The van der Waals surface area contributed by atoms with Gasteiger partial charge in [-0.15, -0.1) is 0 Å². The van der Waals surface area contributed by atoms with Crippen LogP contribution in [0.25, 0.3) is 6.08 Å². The summed E-state index contributed by atoms with van der Waals surface area (Å²) in [7, 11) is 0. The quantitative estimate of drug-likeness (QED) is 0.194. The van der Waals surface area contributed by atoms with Crippen molar-refractivity contribution in [2.75, 3.05) is 13.2 Å². The Kier molecular flexibility index (Phi) is 9.03. The van der Waals surface area contributed by atoms with E-state index in [1.807, 2.05) is 42.5 Å². The second-order valence-corrected chi connectivity index (χ2v) is 5.98. The lowest BCUT2D eigenvalue weighted by Crippen LogP contribution is -2.23. The monoisotopic (exact) mass is 380 g/mol. The fourth-order valence-corrected chi connectivity index (χ4v) is 2.33. The van der Waals surface area contributed by atoms with E-state index in [0.717, 1.165) is 11.1 Å². The number of nitrogens with one attached hydrogen (secondary N) is 2. The van der Waals surface area contributed by atoms with E-state index in [1.54, 1.807) is 35.8 Å². The molecule has 0 aromatic heterocycles. The van der Waals surface area contributed by atoms with Gasteiger partial charge in [0.1, 0.15) is 5.75 Å². The van der Waals surface area contributed by atoms with Gasteiger partial charge in [-0.2, -0.15) is 0 Å². The number of hydroxylamine groups is 1. The van der Waals surface area contributed by atoms with Gasteiger partial charge in [-0.25, -0.2) is 5.48 Å². The molecule has 0 spiro atoms. The number of rotatable bonds is 10. The van der Waals surface area contributed by atoms with E-state index in [4.69, 9.17) is 9.94 Å². The Morgan fingerprint density at radius 3 is 2.46 bits per heavy atom. The minimum Gasteiger partial charge on any atom is -0.494 e. The molecule has 2 rings (SSSR count). The smallest absolute Gasteiger partial charge is 0.247 e. The fraction of sp³-hybridized carbons (Fsp3) is 0.182. The summed E-state index contributed by atoms with van der Waals surface area (Å²) < 4.78 is 5.59. The van der Waals surface area contributed by atoms with Gasteiger partial charge in [0.15, 0.2) is 0 Å². The first kappa shape index (κ1) is 20.9. The Labute approximate surface area is 164 Å². The lowest BCUT2D eigenvalue weighted by molar-refractivity contribution is -0.128. The zero-order valence-electron chi connectivity index (χ0n) is 15.5. The number of amides is 2. The number of allylic oxidation sites excluding steroid dienone is 2. The molecule has 0 aliphatic rings. The maximum Gasteiger partial charge on any atom is 0.247 e. The highest BCUT2D eigenvalue weighted by atomic mass is 16.5. The Morgan fingerprint density at radius 1 is 1.00 bits per heavy atom. The summed E-state index contributed by atoms with van der Waals surface area (Å²) in [5.74, 6) is 0.0728. The van der Waals surface area contributed by atoms with E-state index in [9.17, 15) is 9.59 Å². The number of carbonyl (C=O) groups is 2. The van der Waals surface area contributed by atoms with Crippen molar-refractivity contribution >= 4 is 17.9 Å². The van der Waals surface area contributed by atoms with Crippen molar-refractivity contribution in [2.45, 2.75) is 12.8 Å². The molecule has 2 amide bonds. The third-order valence-electron chi connectivity index (χ3n) is 3.75. The van der Waals surface area contributed by atoms with Crippen molar-refractivity contribution in [2.24, 2.45) is 0 Å². The van der Waals surface area contributed by atoms with Crippen LogP contribution in [0.3, 0.4) is 0 Å². The molecule has 3 N–H and O–H groups in total. The Balaban J connectivity index is 1.59. The van der Waals surface area contributed by atoms with Crippen molar-refractivity contribution in [3.05, 3.63) is 84.0 Å². The normalized spacial score (nSPS) is 10.9. The first-order valence-corrected chi connectivity index (χ1v) is 8.99. The topological polar surface area (TPSA) is 87.7 Å².